The standard InChI is InChI=1S/C22H29N3O2S/c1-3-27-23-20(18-8-10-19(28)11-9-18)12-13-24-14-16-25(17-15-24)21-6-4-5-7-22(21)26-2/h4-11,28H,3,12-17H2,1-2H3/b23-20+. The normalized spacial score (nSPS) is 15.5. The molecule has 2 aromatic carbocycles. The van der Waals surface area contributed by atoms with Crippen LogP contribution in [0.15, 0.2) is 58.6 Å². The van der Waals surface area contributed by atoms with E-state index in [0.717, 1.165) is 61.1 Å². The molecule has 1 saturated heterocycles. The second-order valence-electron chi connectivity index (χ2n) is 6.75. The maximum absolute atomic E-state index is 5.51. The molecule has 0 aromatic heterocycles. The van der Waals surface area contributed by atoms with Crippen LogP contribution in [0, 0.1) is 0 Å². The third kappa shape index (κ3) is 5.42. The number of nitrogens with zero attached hydrogens (tertiary/aromatic N) is 3. The van der Waals surface area contributed by atoms with Gasteiger partial charge in [0, 0.05) is 44.0 Å². The van der Waals surface area contributed by atoms with E-state index < -0.39 is 0 Å². The zero-order chi connectivity index (χ0) is 19.8. The smallest absolute Gasteiger partial charge is 0.142 e. The molecule has 0 bridgehead atoms. The summed E-state index contributed by atoms with van der Waals surface area (Å²) < 4.78 is 5.51. The quantitative estimate of drug-likeness (QED) is 0.415. The molecule has 28 heavy (non-hydrogen) atoms. The monoisotopic (exact) mass is 399 g/mol. The van der Waals surface area contributed by atoms with Crippen LogP contribution >= 0.6 is 12.6 Å². The van der Waals surface area contributed by atoms with E-state index in [1.807, 2.05) is 31.2 Å². The van der Waals surface area contributed by atoms with Crippen molar-refractivity contribution in [3.8, 4) is 5.75 Å². The molecule has 0 N–H and O–H groups in total. The number of benzene rings is 2. The summed E-state index contributed by atoms with van der Waals surface area (Å²) in [5.41, 5.74) is 3.26. The molecule has 1 aliphatic rings. The van der Waals surface area contributed by atoms with Crippen LogP contribution in [0.3, 0.4) is 0 Å². The molecule has 2 aromatic rings. The summed E-state index contributed by atoms with van der Waals surface area (Å²) in [5.74, 6) is 0.940. The molecule has 0 spiro atoms. The highest BCUT2D eigenvalue weighted by Crippen LogP contribution is 2.28. The first-order chi connectivity index (χ1) is 13.7. The molecule has 3 rings (SSSR count). The lowest BCUT2D eigenvalue weighted by Gasteiger charge is -2.36. The van der Waals surface area contributed by atoms with E-state index in [4.69, 9.17) is 9.57 Å². The molecule has 5 nitrogen and oxygen atoms in total. The molecule has 1 aliphatic heterocycles. The van der Waals surface area contributed by atoms with Crippen LogP contribution < -0.4 is 9.64 Å². The maximum atomic E-state index is 5.51. The van der Waals surface area contributed by atoms with Crippen molar-refractivity contribution in [1.29, 1.82) is 0 Å². The lowest BCUT2D eigenvalue weighted by Crippen LogP contribution is -2.47. The third-order valence-corrected chi connectivity index (χ3v) is 5.27. The van der Waals surface area contributed by atoms with E-state index in [2.05, 4.69) is 51.8 Å². The fourth-order valence-corrected chi connectivity index (χ4v) is 3.56. The summed E-state index contributed by atoms with van der Waals surface area (Å²) >= 11 is 4.37. The van der Waals surface area contributed by atoms with Gasteiger partial charge in [-0.25, -0.2) is 0 Å². The minimum absolute atomic E-state index is 0.575. The molecule has 150 valence electrons. The van der Waals surface area contributed by atoms with Gasteiger partial charge in [-0.3, -0.25) is 4.90 Å². The lowest BCUT2D eigenvalue weighted by molar-refractivity contribution is 0.157. The number of methoxy groups -OCH3 is 1. The summed E-state index contributed by atoms with van der Waals surface area (Å²) in [6.07, 6.45) is 0.862. The Bertz CT molecular complexity index is 772. The van der Waals surface area contributed by atoms with Crippen molar-refractivity contribution >= 4 is 24.0 Å². The van der Waals surface area contributed by atoms with E-state index in [-0.39, 0.29) is 0 Å². The highest BCUT2D eigenvalue weighted by molar-refractivity contribution is 7.80. The van der Waals surface area contributed by atoms with Gasteiger partial charge in [0.15, 0.2) is 0 Å². The summed E-state index contributed by atoms with van der Waals surface area (Å²) in [6, 6.07) is 16.3. The van der Waals surface area contributed by atoms with Crippen LogP contribution in [0.2, 0.25) is 0 Å². The van der Waals surface area contributed by atoms with Gasteiger partial charge in [-0.05, 0) is 36.8 Å². The topological polar surface area (TPSA) is 37.3 Å². The fourth-order valence-electron chi connectivity index (χ4n) is 3.41. The van der Waals surface area contributed by atoms with Crippen molar-refractivity contribution in [3.63, 3.8) is 0 Å². The zero-order valence-electron chi connectivity index (χ0n) is 16.7. The van der Waals surface area contributed by atoms with Gasteiger partial charge in [0.1, 0.15) is 12.4 Å². The van der Waals surface area contributed by atoms with Crippen LogP contribution in [0.25, 0.3) is 0 Å². The molecular weight excluding hydrogens is 370 g/mol. The van der Waals surface area contributed by atoms with Crippen LogP contribution in [-0.2, 0) is 4.84 Å². The van der Waals surface area contributed by atoms with Gasteiger partial charge in [0.05, 0.1) is 18.5 Å². The van der Waals surface area contributed by atoms with Crippen molar-refractivity contribution < 1.29 is 9.57 Å². The van der Waals surface area contributed by atoms with E-state index in [1.54, 1.807) is 7.11 Å². The average molecular weight is 400 g/mol. The number of piperazine rings is 1. The number of para-hydroxylation sites is 2. The van der Waals surface area contributed by atoms with Gasteiger partial charge in [0.25, 0.3) is 0 Å². The van der Waals surface area contributed by atoms with Crippen molar-refractivity contribution in [2.75, 3.05) is 51.3 Å². The number of rotatable bonds is 8. The number of oxime groups is 1. The molecule has 6 heteroatoms. The number of anilines is 1. The van der Waals surface area contributed by atoms with Crippen LogP contribution in [-0.4, -0.2) is 57.1 Å². The SMILES string of the molecule is CCO/N=C(\CCN1CCN(c2ccccc2OC)CC1)c1ccc(S)cc1. The molecule has 0 aliphatic carbocycles. The Balaban J connectivity index is 1.56. The largest absolute Gasteiger partial charge is 0.495 e. The number of ether oxygens (including phenoxy) is 1. The van der Waals surface area contributed by atoms with Gasteiger partial charge in [0.2, 0.25) is 0 Å². The Hall–Kier alpha value is -2.18. The summed E-state index contributed by atoms with van der Waals surface area (Å²) in [5, 5.41) is 4.35. The summed E-state index contributed by atoms with van der Waals surface area (Å²) in [6.45, 7) is 7.53. The first-order valence-electron chi connectivity index (χ1n) is 9.79. The van der Waals surface area contributed by atoms with Crippen molar-refractivity contribution in [3.05, 3.63) is 54.1 Å². The van der Waals surface area contributed by atoms with E-state index in [0.29, 0.717) is 6.61 Å². The molecule has 1 heterocycles. The van der Waals surface area contributed by atoms with Gasteiger partial charge < -0.3 is 14.5 Å². The molecule has 0 atom stereocenters. The Morgan fingerprint density at radius 2 is 1.75 bits per heavy atom. The first-order valence-corrected chi connectivity index (χ1v) is 10.2. The molecule has 1 fully saturated rings. The predicted molar refractivity (Wildman–Crippen MR) is 118 cm³/mol. The van der Waals surface area contributed by atoms with Gasteiger partial charge in [-0.1, -0.05) is 29.4 Å². The second kappa shape index (κ2) is 10.4. The van der Waals surface area contributed by atoms with Gasteiger partial charge >= 0.3 is 0 Å². The van der Waals surface area contributed by atoms with Crippen LogP contribution in [0.1, 0.15) is 18.9 Å². The fraction of sp³-hybridized carbons (Fsp3) is 0.409. The third-order valence-electron chi connectivity index (χ3n) is 4.97. The Labute approximate surface area is 173 Å². The minimum atomic E-state index is 0.575. The Kier molecular flexibility index (Phi) is 7.62. The van der Waals surface area contributed by atoms with Crippen molar-refractivity contribution in [2.45, 2.75) is 18.2 Å². The van der Waals surface area contributed by atoms with E-state index in [1.165, 1.54) is 5.69 Å². The molecule has 0 amide bonds. The first kappa shape index (κ1) is 20.6. The van der Waals surface area contributed by atoms with Gasteiger partial charge in [-0.15, -0.1) is 12.6 Å². The van der Waals surface area contributed by atoms with Crippen molar-refractivity contribution in [2.24, 2.45) is 5.16 Å². The highest BCUT2D eigenvalue weighted by Gasteiger charge is 2.20. The molecule has 0 radical (unpaired) electrons. The molecular formula is C22H29N3O2S. The highest BCUT2D eigenvalue weighted by atomic mass is 32.1. The van der Waals surface area contributed by atoms with E-state index in [9.17, 15) is 0 Å². The van der Waals surface area contributed by atoms with Crippen LogP contribution in [0.5, 0.6) is 5.75 Å². The Morgan fingerprint density at radius 3 is 2.43 bits per heavy atom. The average Bonchev–Trinajstić information content (AvgIpc) is 2.75. The second-order valence-corrected chi connectivity index (χ2v) is 7.27. The number of thiol groups is 1. The zero-order valence-corrected chi connectivity index (χ0v) is 17.6. The summed E-state index contributed by atoms with van der Waals surface area (Å²) in [4.78, 5) is 11.2. The minimum Gasteiger partial charge on any atom is -0.495 e. The summed E-state index contributed by atoms with van der Waals surface area (Å²) in [7, 11) is 1.73. The predicted octanol–water partition coefficient (Wildman–Crippen LogP) is 3.94. The lowest BCUT2D eigenvalue weighted by atomic mass is 10.1. The van der Waals surface area contributed by atoms with Crippen LogP contribution in [0.4, 0.5) is 5.69 Å². The Morgan fingerprint density at radius 1 is 1.04 bits per heavy atom. The number of hydrogen-bond acceptors (Lipinski definition) is 6. The molecule has 0 saturated carbocycles. The maximum Gasteiger partial charge on any atom is 0.142 e. The number of hydrogen-bond donors (Lipinski definition) is 1. The van der Waals surface area contributed by atoms with Gasteiger partial charge in [-0.2, -0.15) is 0 Å². The molecule has 0 unspecified atom stereocenters. The van der Waals surface area contributed by atoms with Crippen molar-refractivity contribution in [1.82, 2.24) is 4.90 Å². The van der Waals surface area contributed by atoms with E-state index >= 15 is 0 Å².